The standard InChI is InChI=1S/C9H8BrNO3/c1-11-7-4-5(13-2)3-6(10)8(7)14-9(11)12/h3-4H,1-2H3. The topological polar surface area (TPSA) is 44.4 Å². The third-order valence-electron chi connectivity index (χ3n) is 2.06. The summed E-state index contributed by atoms with van der Waals surface area (Å²) in [7, 11) is 3.23. The van der Waals surface area contributed by atoms with Gasteiger partial charge in [0.15, 0.2) is 5.58 Å². The molecular formula is C9H8BrNO3. The molecule has 0 radical (unpaired) electrons. The number of ether oxygens (including phenoxy) is 1. The molecule has 1 aromatic heterocycles. The average molecular weight is 258 g/mol. The predicted molar refractivity (Wildman–Crippen MR) is 55.7 cm³/mol. The molecule has 0 aliphatic carbocycles. The largest absolute Gasteiger partial charge is 0.497 e. The summed E-state index contributed by atoms with van der Waals surface area (Å²) in [5.41, 5.74) is 1.25. The number of rotatable bonds is 1. The molecule has 74 valence electrons. The minimum Gasteiger partial charge on any atom is -0.497 e. The van der Waals surface area contributed by atoms with E-state index in [-0.39, 0.29) is 5.76 Å². The van der Waals surface area contributed by atoms with Crippen molar-refractivity contribution in [2.45, 2.75) is 0 Å². The van der Waals surface area contributed by atoms with E-state index in [0.29, 0.717) is 21.3 Å². The average Bonchev–Trinajstić information content (AvgIpc) is 2.45. The second-order valence-electron chi connectivity index (χ2n) is 2.88. The van der Waals surface area contributed by atoms with Crippen molar-refractivity contribution < 1.29 is 9.15 Å². The molecule has 0 saturated heterocycles. The van der Waals surface area contributed by atoms with Crippen molar-refractivity contribution >= 4 is 27.0 Å². The van der Waals surface area contributed by atoms with Crippen molar-refractivity contribution in [1.82, 2.24) is 4.57 Å². The highest BCUT2D eigenvalue weighted by Crippen LogP contribution is 2.28. The molecule has 14 heavy (non-hydrogen) atoms. The van der Waals surface area contributed by atoms with Gasteiger partial charge in [-0.3, -0.25) is 4.57 Å². The first-order chi connectivity index (χ1) is 6.63. The van der Waals surface area contributed by atoms with Crippen molar-refractivity contribution in [3.63, 3.8) is 0 Å². The molecule has 4 nitrogen and oxygen atoms in total. The van der Waals surface area contributed by atoms with Gasteiger partial charge in [0.25, 0.3) is 0 Å². The molecule has 0 fully saturated rings. The molecule has 0 atom stereocenters. The van der Waals surface area contributed by atoms with Gasteiger partial charge >= 0.3 is 5.76 Å². The lowest BCUT2D eigenvalue weighted by Crippen LogP contribution is -2.08. The highest BCUT2D eigenvalue weighted by atomic mass is 79.9. The van der Waals surface area contributed by atoms with Crippen molar-refractivity contribution in [3.8, 4) is 5.75 Å². The van der Waals surface area contributed by atoms with Crippen molar-refractivity contribution in [2.24, 2.45) is 7.05 Å². The van der Waals surface area contributed by atoms with Crippen molar-refractivity contribution in [3.05, 3.63) is 27.2 Å². The van der Waals surface area contributed by atoms with Gasteiger partial charge in [0, 0.05) is 13.1 Å². The van der Waals surface area contributed by atoms with Crippen LogP contribution in [0.5, 0.6) is 5.75 Å². The van der Waals surface area contributed by atoms with Gasteiger partial charge in [-0.25, -0.2) is 4.79 Å². The van der Waals surface area contributed by atoms with Gasteiger partial charge in [-0.15, -0.1) is 0 Å². The smallest absolute Gasteiger partial charge is 0.419 e. The van der Waals surface area contributed by atoms with E-state index in [1.165, 1.54) is 4.57 Å². The third-order valence-corrected chi connectivity index (χ3v) is 2.65. The Morgan fingerprint density at radius 2 is 2.21 bits per heavy atom. The minimum atomic E-state index is -0.381. The van der Waals surface area contributed by atoms with Crippen LogP contribution in [0.25, 0.3) is 11.1 Å². The van der Waals surface area contributed by atoms with Crippen LogP contribution in [0.4, 0.5) is 0 Å². The molecule has 0 aliphatic heterocycles. The van der Waals surface area contributed by atoms with E-state index in [0.717, 1.165) is 0 Å². The highest BCUT2D eigenvalue weighted by molar-refractivity contribution is 9.10. The van der Waals surface area contributed by atoms with Gasteiger partial charge in [-0.05, 0) is 22.0 Å². The molecule has 0 bridgehead atoms. The van der Waals surface area contributed by atoms with E-state index in [1.807, 2.05) is 0 Å². The lowest BCUT2D eigenvalue weighted by Gasteiger charge is -2.00. The molecule has 1 aromatic carbocycles. The summed E-state index contributed by atoms with van der Waals surface area (Å²) in [6.07, 6.45) is 0. The van der Waals surface area contributed by atoms with Crippen LogP contribution in [0.1, 0.15) is 0 Å². The number of benzene rings is 1. The number of methoxy groups -OCH3 is 1. The van der Waals surface area contributed by atoms with E-state index in [4.69, 9.17) is 9.15 Å². The van der Waals surface area contributed by atoms with Crippen LogP contribution >= 0.6 is 15.9 Å². The number of hydrogen-bond acceptors (Lipinski definition) is 3. The lowest BCUT2D eigenvalue weighted by molar-refractivity contribution is 0.415. The molecule has 1 heterocycles. The monoisotopic (exact) mass is 257 g/mol. The van der Waals surface area contributed by atoms with Gasteiger partial charge < -0.3 is 9.15 Å². The summed E-state index contributed by atoms with van der Waals surface area (Å²) >= 11 is 3.31. The van der Waals surface area contributed by atoms with Gasteiger partial charge in [-0.2, -0.15) is 0 Å². The van der Waals surface area contributed by atoms with Crippen LogP contribution in [-0.4, -0.2) is 11.7 Å². The number of fused-ring (bicyclic) bond motifs is 1. The second-order valence-corrected chi connectivity index (χ2v) is 3.74. The fourth-order valence-corrected chi connectivity index (χ4v) is 1.79. The first-order valence-electron chi connectivity index (χ1n) is 3.96. The van der Waals surface area contributed by atoms with Crippen molar-refractivity contribution in [1.29, 1.82) is 0 Å². The van der Waals surface area contributed by atoms with Gasteiger partial charge in [0.1, 0.15) is 5.75 Å². The van der Waals surface area contributed by atoms with Crippen molar-refractivity contribution in [2.75, 3.05) is 7.11 Å². The molecule has 0 spiro atoms. The SMILES string of the molecule is COc1cc(Br)c2oc(=O)n(C)c2c1. The first kappa shape index (κ1) is 9.33. The fraction of sp³-hybridized carbons (Fsp3) is 0.222. The Morgan fingerprint density at radius 3 is 2.86 bits per heavy atom. The van der Waals surface area contributed by atoms with E-state index >= 15 is 0 Å². The Morgan fingerprint density at radius 1 is 1.50 bits per heavy atom. The minimum absolute atomic E-state index is 0.381. The van der Waals surface area contributed by atoms with Gasteiger partial charge in [-0.1, -0.05) is 0 Å². The number of aryl methyl sites for hydroxylation is 1. The molecule has 0 unspecified atom stereocenters. The number of hydrogen-bond donors (Lipinski definition) is 0. The zero-order valence-corrected chi connectivity index (χ0v) is 9.29. The van der Waals surface area contributed by atoms with E-state index in [2.05, 4.69) is 15.9 Å². The van der Waals surface area contributed by atoms with Gasteiger partial charge in [0.05, 0.1) is 17.1 Å². The van der Waals surface area contributed by atoms with Crippen LogP contribution < -0.4 is 10.5 Å². The summed E-state index contributed by atoms with van der Waals surface area (Å²) in [5.74, 6) is 0.301. The lowest BCUT2D eigenvalue weighted by atomic mass is 10.3. The summed E-state index contributed by atoms with van der Waals surface area (Å²) in [6.45, 7) is 0. The molecule has 2 aromatic rings. The molecular weight excluding hydrogens is 250 g/mol. The Labute approximate surface area is 88.2 Å². The molecule has 0 N–H and O–H groups in total. The summed E-state index contributed by atoms with van der Waals surface area (Å²) in [6, 6.07) is 3.51. The Hall–Kier alpha value is -1.23. The molecule has 5 heteroatoms. The summed E-state index contributed by atoms with van der Waals surface area (Å²) < 4.78 is 12.3. The van der Waals surface area contributed by atoms with Crippen LogP contribution in [0, 0.1) is 0 Å². The van der Waals surface area contributed by atoms with Crippen LogP contribution in [0.3, 0.4) is 0 Å². The number of halogens is 1. The maximum absolute atomic E-state index is 11.2. The van der Waals surface area contributed by atoms with Crippen LogP contribution in [0.15, 0.2) is 25.8 Å². The first-order valence-corrected chi connectivity index (χ1v) is 4.76. The number of oxazole rings is 1. The van der Waals surface area contributed by atoms with E-state index in [9.17, 15) is 4.79 Å². The normalized spacial score (nSPS) is 10.8. The van der Waals surface area contributed by atoms with E-state index < -0.39 is 0 Å². The molecule has 0 saturated carbocycles. The second kappa shape index (κ2) is 3.16. The maximum Gasteiger partial charge on any atom is 0.419 e. The van der Waals surface area contributed by atoms with E-state index in [1.54, 1.807) is 26.3 Å². The Kier molecular flexibility index (Phi) is 2.11. The molecule has 2 rings (SSSR count). The summed E-state index contributed by atoms with van der Waals surface area (Å²) in [5, 5.41) is 0. The Balaban J connectivity index is 2.90. The predicted octanol–water partition coefficient (Wildman–Crippen LogP) is 1.90. The maximum atomic E-state index is 11.2. The molecule has 0 aliphatic rings. The number of nitrogens with zero attached hydrogens (tertiary/aromatic N) is 1. The zero-order chi connectivity index (χ0) is 10.3. The zero-order valence-electron chi connectivity index (χ0n) is 7.70. The third kappa shape index (κ3) is 1.24. The molecule has 0 amide bonds. The highest BCUT2D eigenvalue weighted by Gasteiger charge is 2.10. The summed E-state index contributed by atoms with van der Waals surface area (Å²) in [4.78, 5) is 11.2. The quantitative estimate of drug-likeness (QED) is 0.784. The van der Waals surface area contributed by atoms with Gasteiger partial charge in [0.2, 0.25) is 0 Å². The Bertz CT molecular complexity index is 541. The fourth-order valence-electron chi connectivity index (χ4n) is 1.28. The number of aromatic nitrogens is 1. The van der Waals surface area contributed by atoms with Crippen LogP contribution in [-0.2, 0) is 7.05 Å². The van der Waals surface area contributed by atoms with Crippen LogP contribution in [0.2, 0.25) is 0 Å².